The first-order valence-corrected chi connectivity index (χ1v) is 8.02. The van der Waals surface area contributed by atoms with Gasteiger partial charge in [0.25, 0.3) is 0 Å². The summed E-state index contributed by atoms with van der Waals surface area (Å²) in [5, 5.41) is 6.55. The van der Waals surface area contributed by atoms with Gasteiger partial charge in [0, 0.05) is 13.1 Å². The fraction of sp³-hybridized carbons (Fsp3) is 0.647. The molecule has 130 valence electrons. The highest BCUT2D eigenvalue weighted by molar-refractivity contribution is 5.90. The standard InChI is InChI=1S/C17H29N3O3/c1-11(2)7-8-12(3)20-17(18-5)19-10-14-9-15(13(4)23-14)16(21)22-6/h9,11-12H,7-8,10H2,1-6H3,(H2,18,19,20). The third kappa shape index (κ3) is 6.34. The van der Waals surface area contributed by atoms with E-state index >= 15 is 0 Å². The maximum Gasteiger partial charge on any atom is 0.341 e. The predicted octanol–water partition coefficient (Wildman–Crippen LogP) is 2.86. The lowest BCUT2D eigenvalue weighted by Gasteiger charge is -2.18. The van der Waals surface area contributed by atoms with Crippen LogP contribution in [0.15, 0.2) is 15.5 Å². The molecule has 1 aromatic rings. The third-order valence-electron chi connectivity index (χ3n) is 3.59. The van der Waals surface area contributed by atoms with E-state index < -0.39 is 0 Å². The van der Waals surface area contributed by atoms with E-state index in [1.807, 2.05) is 0 Å². The van der Waals surface area contributed by atoms with E-state index in [-0.39, 0.29) is 5.97 Å². The van der Waals surface area contributed by atoms with Gasteiger partial charge in [0.05, 0.1) is 13.7 Å². The molecule has 0 aliphatic carbocycles. The van der Waals surface area contributed by atoms with E-state index in [4.69, 9.17) is 9.15 Å². The Morgan fingerprint density at radius 1 is 1.35 bits per heavy atom. The van der Waals surface area contributed by atoms with Gasteiger partial charge in [-0.05, 0) is 38.7 Å². The number of esters is 1. The Kier molecular flexibility index (Phi) is 7.65. The zero-order valence-electron chi connectivity index (χ0n) is 15.0. The summed E-state index contributed by atoms with van der Waals surface area (Å²) in [6, 6.07) is 2.04. The first-order valence-electron chi connectivity index (χ1n) is 8.02. The predicted molar refractivity (Wildman–Crippen MR) is 91.7 cm³/mol. The van der Waals surface area contributed by atoms with Crippen molar-refractivity contribution in [3.8, 4) is 0 Å². The largest absolute Gasteiger partial charge is 0.465 e. The zero-order valence-corrected chi connectivity index (χ0v) is 15.0. The van der Waals surface area contributed by atoms with E-state index in [0.717, 1.165) is 12.4 Å². The molecule has 0 spiro atoms. The second-order valence-corrected chi connectivity index (χ2v) is 6.12. The molecule has 2 N–H and O–H groups in total. The molecule has 6 nitrogen and oxygen atoms in total. The number of carbonyl (C=O) groups excluding carboxylic acids is 1. The van der Waals surface area contributed by atoms with Crippen LogP contribution in [0.3, 0.4) is 0 Å². The van der Waals surface area contributed by atoms with Gasteiger partial charge in [-0.3, -0.25) is 4.99 Å². The van der Waals surface area contributed by atoms with Crippen LogP contribution in [0.5, 0.6) is 0 Å². The Bertz CT molecular complexity index is 535. The van der Waals surface area contributed by atoms with Crippen molar-refractivity contribution in [1.82, 2.24) is 10.6 Å². The lowest BCUT2D eigenvalue weighted by Crippen LogP contribution is -2.41. The molecule has 0 radical (unpaired) electrons. The van der Waals surface area contributed by atoms with Crippen LogP contribution in [0.1, 0.15) is 55.5 Å². The molecule has 1 rings (SSSR count). The average Bonchev–Trinajstić information content (AvgIpc) is 2.89. The number of aliphatic imine (C=N–C) groups is 1. The molecule has 0 aliphatic heterocycles. The number of nitrogens with zero attached hydrogens (tertiary/aromatic N) is 1. The van der Waals surface area contributed by atoms with Gasteiger partial charge in [-0.2, -0.15) is 0 Å². The van der Waals surface area contributed by atoms with Crippen LogP contribution >= 0.6 is 0 Å². The maximum absolute atomic E-state index is 11.6. The summed E-state index contributed by atoms with van der Waals surface area (Å²) in [7, 11) is 3.09. The van der Waals surface area contributed by atoms with E-state index in [1.54, 1.807) is 20.0 Å². The number of furan rings is 1. The molecule has 0 saturated heterocycles. The van der Waals surface area contributed by atoms with Crippen LogP contribution in [-0.2, 0) is 11.3 Å². The second-order valence-electron chi connectivity index (χ2n) is 6.12. The van der Waals surface area contributed by atoms with Crippen LogP contribution in [0, 0.1) is 12.8 Å². The van der Waals surface area contributed by atoms with E-state index in [1.165, 1.54) is 13.5 Å². The van der Waals surface area contributed by atoms with Crippen LogP contribution in [0.4, 0.5) is 0 Å². The number of guanidine groups is 1. The Morgan fingerprint density at radius 3 is 2.61 bits per heavy atom. The summed E-state index contributed by atoms with van der Waals surface area (Å²) in [5.41, 5.74) is 0.456. The molecular formula is C17H29N3O3. The summed E-state index contributed by atoms with van der Waals surface area (Å²) in [6.45, 7) is 8.78. The number of ether oxygens (including phenoxy) is 1. The fourth-order valence-corrected chi connectivity index (χ4v) is 2.20. The van der Waals surface area contributed by atoms with Gasteiger partial charge in [0.2, 0.25) is 0 Å². The summed E-state index contributed by atoms with van der Waals surface area (Å²) < 4.78 is 10.3. The van der Waals surface area contributed by atoms with Gasteiger partial charge in [-0.25, -0.2) is 4.79 Å². The van der Waals surface area contributed by atoms with Gasteiger partial charge < -0.3 is 19.8 Å². The Hall–Kier alpha value is -1.98. The summed E-state index contributed by atoms with van der Waals surface area (Å²) >= 11 is 0. The fourth-order valence-electron chi connectivity index (χ4n) is 2.20. The highest BCUT2D eigenvalue weighted by Crippen LogP contribution is 2.15. The smallest absolute Gasteiger partial charge is 0.341 e. The van der Waals surface area contributed by atoms with Gasteiger partial charge in [-0.15, -0.1) is 0 Å². The minimum absolute atomic E-state index is 0.340. The van der Waals surface area contributed by atoms with Crippen molar-refractivity contribution < 1.29 is 13.9 Å². The molecule has 0 aliphatic rings. The molecule has 1 unspecified atom stereocenters. The first-order chi connectivity index (χ1) is 10.9. The van der Waals surface area contributed by atoms with Crippen molar-refractivity contribution >= 4 is 11.9 Å². The maximum atomic E-state index is 11.6. The van der Waals surface area contributed by atoms with Crippen molar-refractivity contribution in [1.29, 1.82) is 0 Å². The number of methoxy groups -OCH3 is 1. The van der Waals surface area contributed by atoms with Crippen molar-refractivity contribution in [3.05, 3.63) is 23.2 Å². The Morgan fingerprint density at radius 2 is 2.04 bits per heavy atom. The molecule has 1 heterocycles. The van der Waals surface area contributed by atoms with Crippen LogP contribution in [0.25, 0.3) is 0 Å². The minimum Gasteiger partial charge on any atom is -0.465 e. The van der Waals surface area contributed by atoms with Crippen molar-refractivity contribution in [3.63, 3.8) is 0 Å². The Balaban J connectivity index is 2.53. The van der Waals surface area contributed by atoms with Gasteiger partial charge in [-0.1, -0.05) is 13.8 Å². The molecule has 0 saturated carbocycles. The molecule has 23 heavy (non-hydrogen) atoms. The average molecular weight is 323 g/mol. The lowest BCUT2D eigenvalue weighted by molar-refractivity contribution is 0.0599. The molecular weight excluding hydrogens is 294 g/mol. The molecule has 0 bridgehead atoms. The van der Waals surface area contributed by atoms with E-state index in [9.17, 15) is 4.79 Å². The van der Waals surface area contributed by atoms with Gasteiger partial charge >= 0.3 is 5.97 Å². The third-order valence-corrected chi connectivity index (χ3v) is 3.59. The zero-order chi connectivity index (χ0) is 17.4. The molecule has 0 fully saturated rings. The van der Waals surface area contributed by atoms with Crippen molar-refractivity contribution in [2.24, 2.45) is 10.9 Å². The lowest BCUT2D eigenvalue weighted by atomic mass is 10.0. The molecule has 0 amide bonds. The Labute approximate surface area is 138 Å². The number of nitrogens with one attached hydrogen (secondary N) is 2. The monoisotopic (exact) mass is 323 g/mol. The number of aryl methyl sites for hydroxylation is 1. The molecule has 6 heteroatoms. The van der Waals surface area contributed by atoms with Gasteiger partial charge in [0.1, 0.15) is 17.1 Å². The number of rotatable bonds is 7. The SMILES string of the molecule is CN=C(NCc1cc(C(=O)OC)c(C)o1)NC(C)CCC(C)C. The topological polar surface area (TPSA) is 75.9 Å². The highest BCUT2D eigenvalue weighted by atomic mass is 16.5. The summed E-state index contributed by atoms with van der Waals surface area (Å²) in [4.78, 5) is 15.8. The van der Waals surface area contributed by atoms with Crippen molar-refractivity contribution in [2.45, 2.75) is 53.1 Å². The van der Waals surface area contributed by atoms with E-state index in [2.05, 4.69) is 36.4 Å². The van der Waals surface area contributed by atoms with Gasteiger partial charge in [0.15, 0.2) is 5.96 Å². The van der Waals surface area contributed by atoms with E-state index in [0.29, 0.717) is 35.6 Å². The second kappa shape index (κ2) is 9.22. The van der Waals surface area contributed by atoms with Crippen LogP contribution in [0.2, 0.25) is 0 Å². The molecule has 1 aromatic heterocycles. The number of hydrogen-bond acceptors (Lipinski definition) is 4. The van der Waals surface area contributed by atoms with Crippen LogP contribution < -0.4 is 10.6 Å². The highest BCUT2D eigenvalue weighted by Gasteiger charge is 2.15. The first kappa shape index (κ1) is 19.1. The van der Waals surface area contributed by atoms with Crippen LogP contribution in [-0.4, -0.2) is 32.1 Å². The number of carbonyl (C=O) groups is 1. The minimum atomic E-state index is -0.387. The quantitative estimate of drug-likeness (QED) is 0.458. The molecule has 1 atom stereocenters. The number of hydrogen-bond donors (Lipinski definition) is 2. The normalized spacial score (nSPS) is 13.1. The summed E-state index contributed by atoms with van der Waals surface area (Å²) in [6.07, 6.45) is 2.26. The molecule has 0 aromatic carbocycles. The van der Waals surface area contributed by atoms with Crippen molar-refractivity contribution in [2.75, 3.05) is 14.2 Å². The summed E-state index contributed by atoms with van der Waals surface area (Å²) in [5.74, 6) is 2.25.